The molecule has 1 rings (SSSR count). The van der Waals surface area contributed by atoms with Crippen LogP contribution in [0.1, 0.15) is 18.2 Å². The van der Waals surface area contributed by atoms with E-state index in [4.69, 9.17) is 4.74 Å². The van der Waals surface area contributed by atoms with E-state index in [9.17, 15) is 13.2 Å². The van der Waals surface area contributed by atoms with Gasteiger partial charge in [0.05, 0.1) is 24.1 Å². The van der Waals surface area contributed by atoms with E-state index in [1.54, 1.807) is 6.92 Å². The fourth-order valence-corrected chi connectivity index (χ4v) is 0.871. The molecule has 0 aliphatic rings. The summed E-state index contributed by atoms with van der Waals surface area (Å²) in [6, 6.07) is 0. The second kappa shape index (κ2) is 3.78. The zero-order valence-corrected chi connectivity index (χ0v) is 6.98. The topological polar surface area (TPSA) is 37.9 Å². The number of halogens is 3. The maximum absolute atomic E-state index is 12.2. The van der Waals surface area contributed by atoms with Gasteiger partial charge in [-0.25, -0.2) is 0 Å². The lowest BCUT2D eigenvalue weighted by atomic mass is 10.2. The number of alkyl halides is 3. The minimum atomic E-state index is -4.36. The molecule has 1 heterocycles. The summed E-state index contributed by atoms with van der Waals surface area (Å²) in [5, 5.41) is 5.57. The SMILES string of the molecule is CCOCc1[nH]ncc1C(F)(F)F. The first kappa shape index (κ1) is 10.0. The van der Waals surface area contributed by atoms with Gasteiger partial charge in [-0.1, -0.05) is 0 Å². The van der Waals surface area contributed by atoms with Crippen LogP contribution in [0, 0.1) is 0 Å². The predicted octanol–water partition coefficient (Wildman–Crippen LogP) is 1.96. The Kier molecular flexibility index (Phi) is 2.92. The summed E-state index contributed by atoms with van der Waals surface area (Å²) in [7, 11) is 0. The molecule has 0 saturated carbocycles. The molecule has 74 valence electrons. The van der Waals surface area contributed by atoms with Crippen molar-refractivity contribution in [3.63, 3.8) is 0 Å². The molecule has 0 aromatic carbocycles. The third kappa shape index (κ3) is 2.45. The Hall–Kier alpha value is -1.04. The number of aromatic amines is 1. The third-order valence-corrected chi connectivity index (χ3v) is 1.47. The molecule has 0 amide bonds. The van der Waals surface area contributed by atoms with Crippen LogP contribution in [0.2, 0.25) is 0 Å². The monoisotopic (exact) mass is 194 g/mol. The second-order valence-electron chi connectivity index (χ2n) is 2.40. The maximum Gasteiger partial charge on any atom is 0.419 e. The molecule has 0 saturated heterocycles. The first-order valence-corrected chi connectivity index (χ1v) is 3.73. The summed E-state index contributed by atoms with van der Waals surface area (Å²) in [4.78, 5) is 0. The van der Waals surface area contributed by atoms with Gasteiger partial charge in [0, 0.05) is 6.61 Å². The summed E-state index contributed by atoms with van der Waals surface area (Å²) in [5.41, 5.74) is -0.796. The molecule has 0 bridgehead atoms. The second-order valence-corrected chi connectivity index (χ2v) is 2.40. The van der Waals surface area contributed by atoms with E-state index in [-0.39, 0.29) is 12.3 Å². The minimum Gasteiger partial charge on any atom is -0.375 e. The Balaban J connectivity index is 2.77. The average molecular weight is 194 g/mol. The number of rotatable bonds is 3. The number of H-pyrrole nitrogens is 1. The van der Waals surface area contributed by atoms with Gasteiger partial charge in [-0.15, -0.1) is 0 Å². The van der Waals surface area contributed by atoms with Gasteiger partial charge in [-0.05, 0) is 6.92 Å². The molecule has 0 aliphatic carbocycles. The Morgan fingerprint density at radius 2 is 2.23 bits per heavy atom. The van der Waals surface area contributed by atoms with Crippen LogP contribution in [0.4, 0.5) is 13.2 Å². The van der Waals surface area contributed by atoms with Crippen molar-refractivity contribution in [3.05, 3.63) is 17.5 Å². The van der Waals surface area contributed by atoms with Crippen molar-refractivity contribution >= 4 is 0 Å². The van der Waals surface area contributed by atoms with E-state index in [1.807, 2.05) is 0 Å². The fourth-order valence-electron chi connectivity index (χ4n) is 0.871. The van der Waals surface area contributed by atoms with Crippen molar-refractivity contribution < 1.29 is 17.9 Å². The van der Waals surface area contributed by atoms with Crippen molar-refractivity contribution in [2.45, 2.75) is 19.7 Å². The molecular formula is C7H9F3N2O. The van der Waals surface area contributed by atoms with Crippen LogP contribution in [0.25, 0.3) is 0 Å². The largest absolute Gasteiger partial charge is 0.419 e. The normalized spacial score (nSPS) is 12.0. The maximum atomic E-state index is 12.2. The summed E-state index contributed by atoms with van der Waals surface area (Å²) < 4.78 is 41.4. The van der Waals surface area contributed by atoms with Crippen LogP contribution in [0.15, 0.2) is 6.20 Å². The molecule has 0 fully saturated rings. The van der Waals surface area contributed by atoms with E-state index < -0.39 is 11.7 Å². The van der Waals surface area contributed by atoms with Crippen molar-refractivity contribution in [2.75, 3.05) is 6.61 Å². The molecule has 1 aromatic rings. The van der Waals surface area contributed by atoms with Crippen LogP contribution in [-0.2, 0) is 17.5 Å². The molecule has 0 atom stereocenters. The molecular weight excluding hydrogens is 185 g/mol. The van der Waals surface area contributed by atoms with Crippen LogP contribution < -0.4 is 0 Å². The summed E-state index contributed by atoms with van der Waals surface area (Å²) in [5.74, 6) is 0. The highest BCUT2D eigenvalue weighted by atomic mass is 19.4. The Bertz CT molecular complexity index is 269. The Morgan fingerprint density at radius 3 is 2.77 bits per heavy atom. The van der Waals surface area contributed by atoms with E-state index in [0.29, 0.717) is 6.61 Å². The fraction of sp³-hybridized carbons (Fsp3) is 0.571. The Morgan fingerprint density at radius 1 is 1.54 bits per heavy atom. The van der Waals surface area contributed by atoms with E-state index in [1.165, 1.54) is 0 Å². The smallest absolute Gasteiger partial charge is 0.375 e. The van der Waals surface area contributed by atoms with Gasteiger partial charge in [-0.2, -0.15) is 18.3 Å². The number of nitrogens with one attached hydrogen (secondary N) is 1. The number of ether oxygens (including phenoxy) is 1. The molecule has 1 N–H and O–H groups in total. The molecule has 13 heavy (non-hydrogen) atoms. The average Bonchev–Trinajstić information content (AvgIpc) is 2.47. The number of aromatic nitrogens is 2. The predicted molar refractivity (Wildman–Crippen MR) is 38.9 cm³/mol. The van der Waals surface area contributed by atoms with Gasteiger partial charge < -0.3 is 4.74 Å². The third-order valence-electron chi connectivity index (χ3n) is 1.47. The summed E-state index contributed by atoms with van der Waals surface area (Å²) >= 11 is 0. The first-order valence-electron chi connectivity index (χ1n) is 3.73. The molecule has 1 aromatic heterocycles. The van der Waals surface area contributed by atoms with Crippen LogP contribution >= 0.6 is 0 Å². The first-order chi connectivity index (χ1) is 6.05. The highest BCUT2D eigenvalue weighted by Crippen LogP contribution is 2.30. The standard InChI is InChI=1S/C7H9F3N2O/c1-2-13-4-6-5(3-11-12-6)7(8,9)10/h3H,2,4H2,1H3,(H,11,12). The van der Waals surface area contributed by atoms with Crippen LogP contribution in [-0.4, -0.2) is 16.8 Å². The zero-order chi connectivity index (χ0) is 9.90. The summed E-state index contributed by atoms with van der Waals surface area (Å²) in [6.07, 6.45) is -3.60. The van der Waals surface area contributed by atoms with Crippen LogP contribution in [0.3, 0.4) is 0 Å². The van der Waals surface area contributed by atoms with Crippen molar-refractivity contribution in [3.8, 4) is 0 Å². The number of hydrogen-bond donors (Lipinski definition) is 1. The lowest BCUT2D eigenvalue weighted by molar-refractivity contribution is -0.138. The van der Waals surface area contributed by atoms with Gasteiger partial charge in [0.15, 0.2) is 0 Å². The van der Waals surface area contributed by atoms with Gasteiger partial charge in [-0.3, -0.25) is 5.10 Å². The lowest BCUT2D eigenvalue weighted by Crippen LogP contribution is -2.08. The van der Waals surface area contributed by atoms with Crippen molar-refractivity contribution in [1.29, 1.82) is 0 Å². The molecule has 3 nitrogen and oxygen atoms in total. The quantitative estimate of drug-likeness (QED) is 0.798. The molecule has 0 radical (unpaired) electrons. The van der Waals surface area contributed by atoms with Gasteiger partial charge >= 0.3 is 6.18 Å². The zero-order valence-electron chi connectivity index (χ0n) is 6.98. The summed E-state index contributed by atoms with van der Waals surface area (Å²) in [6.45, 7) is 1.99. The van der Waals surface area contributed by atoms with Crippen molar-refractivity contribution in [1.82, 2.24) is 10.2 Å². The minimum absolute atomic E-state index is 0.0330. The highest BCUT2D eigenvalue weighted by molar-refractivity contribution is 5.18. The van der Waals surface area contributed by atoms with Crippen molar-refractivity contribution in [2.24, 2.45) is 0 Å². The number of nitrogens with zero attached hydrogens (tertiary/aromatic N) is 1. The number of hydrogen-bond acceptors (Lipinski definition) is 2. The molecule has 0 spiro atoms. The van der Waals surface area contributed by atoms with Gasteiger partial charge in [0.25, 0.3) is 0 Å². The van der Waals surface area contributed by atoms with Gasteiger partial charge in [0.1, 0.15) is 0 Å². The van der Waals surface area contributed by atoms with E-state index in [2.05, 4.69) is 10.2 Å². The molecule has 6 heteroatoms. The van der Waals surface area contributed by atoms with E-state index >= 15 is 0 Å². The lowest BCUT2D eigenvalue weighted by Gasteiger charge is -2.06. The van der Waals surface area contributed by atoms with E-state index in [0.717, 1.165) is 6.20 Å². The highest BCUT2D eigenvalue weighted by Gasteiger charge is 2.34. The van der Waals surface area contributed by atoms with Gasteiger partial charge in [0.2, 0.25) is 0 Å². The molecule has 0 aliphatic heterocycles. The van der Waals surface area contributed by atoms with Crippen LogP contribution in [0.5, 0.6) is 0 Å². The molecule has 0 unspecified atom stereocenters. The Labute approximate surface area is 72.9 Å².